The Hall–Kier alpha value is -2.49. The Balaban J connectivity index is 2.65. The molecule has 0 saturated carbocycles. The lowest BCUT2D eigenvalue weighted by molar-refractivity contribution is 0.0696. The van der Waals surface area contributed by atoms with Crippen molar-refractivity contribution in [3.05, 3.63) is 59.4 Å². The number of Topliss-reactive ketones (excluding diaryl/α,β-unsaturated/α-hetero) is 1. The van der Waals surface area contributed by atoms with Gasteiger partial charge in [0.2, 0.25) is 0 Å². The predicted molar refractivity (Wildman–Crippen MR) is 68.8 cm³/mol. The van der Waals surface area contributed by atoms with Crippen molar-refractivity contribution < 1.29 is 19.1 Å². The number of carboxylic acid groups (broad SMARTS) is 1. The molecule has 0 aromatic heterocycles. The van der Waals surface area contributed by atoms with Crippen molar-refractivity contribution in [3.63, 3.8) is 0 Å². The third-order valence-corrected chi connectivity index (χ3v) is 2.76. The fraction of sp³-hybridized carbons (Fsp3) is 0.0667. The maximum absolute atomic E-state index is 13.5. The molecule has 0 saturated heterocycles. The van der Waals surface area contributed by atoms with Crippen LogP contribution in [-0.2, 0) is 0 Å². The molecule has 0 aliphatic heterocycles. The van der Waals surface area contributed by atoms with Crippen molar-refractivity contribution in [1.29, 1.82) is 0 Å². The predicted octanol–water partition coefficient (Wildman–Crippen LogP) is 3.39. The van der Waals surface area contributed by atoms with Gasteiger partial charge in [-0.2, -0.15) is 0 Å². The molecular formula is C15H11FO3. The number of benzene rings is 2. The molecule has 0 aliphatic carbocycles. The van der Waals surface area contributed by atoms with Crippen molar-refractivity contribution in [2.45, 2.75) is 6.92 Å². The number of hydrogen-bond donors (Lipinski definition) is 1. The van der Waals surface area contributed by atoms with Gasteiger partial charge in [-0.05, 0) is 36.2 Å². The van der Waals surface area contributed by atoms with Crippen molar-refractivity contribution in [3.8, 4) is 11.1 Å². The summed E-state index contributed by atoms with van der Waals surface area (Å²) in [6.45, 7) is 1.41. The van der Waals surface area contributed by atoms with Gasteiger partial charge in [-0.3, -0.25) is 4.79 Å². The molecule has 96 valence electrons. The number of rotatable bonds is 3. The van der Waals surface area contributed by atoms with Crippen molar-refractivity contribution in [2.75, 3.05) is 0 Å². The topological polar surface area (TPSA) is 54.4 Å². The van der Waals surface area contributed by atoms with Gasteiger partial charge in [-0.15, -0.1) is 0 Å². The van der Waals surface area contributed by atoms with E-state index in [0.717, 1.165) is 6.07 Å². The molecule has 0 heterocycles. The first-order valence-corrected chi connectivity index (χ1v) is 5.63. The largest absolute Gasteiger partial charge is 0.478 e. The van der Waals surface area contributed by atoms with E-state index in [-0.39, 0.29) is 11.3 Å². The Labute approximate surface area is 109 Å². The molecular weight excluding hydrogens is 247 g/mol. The number of halogens is 1. The molecule has 4 heteroatoms. The van der Waals surface area contributed by atoms with Gasteiger partial charge in [-0.1, -0.05) is 24.3 Å². The second kappa shape index (κ2) is 5.02. The summed E-state index contributed by atoms with van der Waals surface area (Å²) >= 11 is 0. The highest BCUT2D eigenvalue weighted by atomic mass is 19.1. The van der Waals surface area contributed by atoms with Gasteiger partial charge in [-0.25, -0.2) is 9.18 Å². The van der Waals surface area contributed by atoms with Crippen LogP contribution in [0, 0.1) is 5.82 Å². The van der Waals surface area contributed by atoms with E-state index in [1.807, 2.05) is 0 Å². The van der Waals surface area contributed by atoms with E-state index in [0.29, 0.717) is 16.7 Å². The summed E-state index contributed by atoms with van der Waals surface area (Å²) in [6, 6.07) is 10.2. The van der Waals surface area contributed by atoms with E-state index in [4.69, 9.17) is 5.11 Å². The molecule has 19 heavy (non-hydrogen) atoms. The zero-order valence-electron chi connectivity index (χ0n) is 10.2. The van der Waals surface area contributed by atoms with E-state index in [2.05, 4.69) is 0 Å². The highest BCUT2D eigenvalue weighted by molar-refractivity contribution is 6.01. The molecule has 0 aliphatic rings. The first-order valence-electron chi connectivity index (χ1n) is 5.63. The maximum Gasteiger partial charge on any atom is 0.335 e. The number of ketones is 1. The lowest BCUT2D eigenvalue weighted by Gasteiger charge is -2.08. The quantitative estimate of drug-likeness (QED) is 0.858. The third-order valence-electron chi connectivity index (χ3n) is 2.76. The minimum atomic E-state index is -1.21. The van der Waals surface area contributed by atoms with Gasteiger partial charge < -0.3 is 5.11 Å². The molecule has 2 aromatic carbocycles. The zero-order chi connectivity index (χ0) is 14.0. The molecule has 1 N–H and O–H groups in total. The molecule has 2 rings (SSSR count). The number of carboxylic acids is 1. The summed E-state index contributed by atoms with van der Waals surface area (Å²) in [4.78, 5) is 22.5. The summed E-state index contributed by atoms with van der Waals surface area (Å²) in [5.74, 6) is -2.01. The second-order valence-electron chi connectivity index (χ2n) is 4.14. The molecule has 0 fully saturated rings. The average molecular weight is 258 g/mol. The van der Waals surface area contributed by atoms with Crippen molar-refractivity contribution >= 4 is 11.8 Å². The summed E-state index contributed by atoms with van der Waals surface area (Å²) in [7, 11) is 0. The lowest BCUT2D eigenvalue weighted by atomic mass is 9.96. The van der Waals surface area contributed by atoms with E-state index < -0.39 is 11.8 Å². The number of carbonyl (C=O) groups is 2. The van der Waals surface area contributed by atoms with E-state index in [1.165, 1.54) is 19.1 Å². The highest BCUT2D eigenvalue weighted by Crippen LogP contribution is 2.26. The van der Waals surface area contributed by atoms with Crippen LogP contribution < -0.4 is 0 Å². The van der Waals surface area contributed by atoms with Gasteiger partial charge >= 0.3 is 5.97 Å². The van der Waals surface area contributed by atoms with Crippen LogP contribution in [0.3, 0.4) is 0 Å². The molecule has 2 aromatic rings. The van der Waals surface area contributed by atoms with Crippen LogP contribution in [0.2, 0.25) is 0 Å². The maximum atomic E-state index is 13.5. The summed E-state index contributed by atoms with van der Waals surface area (Å²) < 4.78 is 13.5. The Bertz CT molecular complexity index is 662. The first kappa shape index (κ1) is 13.0. The molecule has 3 nitrogen and oxygen atoms in total. The summed E-state index contributed by atoms with van der Waals surface area (Å²) in [5.41, 5.74) is 1.19. The standard InChI is InChI=1S/C15H11FO3/c1-9(17)13-4-2-3-5-14(13)10-6-11(15(18)19)8-12(16)7-10/h2-8H,1H3,(H,18,19). The number of hydrogen-bond acceptors (Lipinski definition) is 2. The van der Waals surface area contributed by atoms with Crippen LogP contribution in [0.1, 0.15) is 27.6 Å². The van der Waals surface area contributed by atoms with Gasteiger partial charge in [0.25, 0.3) is 0 Å². The summed E-state index contributed by atoms with van der Waals surface area (Å²) in [6.07, 6.45) is 0. The number of aromatic carboxylic acids is 1. The smallest absolute Gasteiger partial charge is 0.335 e. The van der Waals surface area contributed by atoms with E-state index in [1.54, 1.807) is 24.3 Å². The van der Waals surface area contributed by atoms with Crippen molar-refractivity contribution in [1.82, 2.24) is 0 Å². The fourth-order valence-corrected chi connectivity index (χ4v) is 1.91. The van der Waals surface area contributed by atoms with E-state index >= 15 is 0 Å². The number of carbonyl (C=O) groups excluding carboxylic acids is 1. The van der Waals surface area contributed by atoms with Crippen LogP contribution in [0.25, 0.3) is 11.1 Å². The van der Waals surface area contributed by atoms with Crippen LogP contribution in [0.4, 0.5) is 4.39 Å². The Morgan fingerprint density at radius 2 is 1.79 bits per heavy atom. The van der Waals surface area contributed by atoms with Gasteiger partial charge in [0, 0.05) is 5.56 Å². The lowest BCUT2D eigenvalue weighted by Crippen LogP contribution is -2.00. The van der Waals surface area contributed by atoms with Crippen LogP contribution >= 0.6 is 0 Å². The van der Waals surface area contributed by atoms with Gasteiger partial charge in [0.05, 0.1) is 5.56 Å². The Kier molecular flexibility index (Phi) is 3.42. The van der Waals surface area contributed by atoms with Crippen LogP contribution in [0.15, 0.2) is 42.5 Å². The monoisotopic (exact) mass is 258 g/mol. The molecule has 0 amide bonds. The third kappa shape index (κ3) is 2.68. The molecule has 0 radical (unpaired) electrons. The highest BCUT2D eigenvalue weighted by Gasteiger charge is 2.12. The molecule has 0 bridgehead atoms. The Morgan fingerprint density at radius 3 is 2.42 bits per heavy atom. The normalized spacial score (nSPS) is 10.2. The SMILES string of the molecule is CC(=O)c1ccccc1-c1cc(F)cc(C(=O)O)c1. The van der Waals surface area contributed by atoms with Crippen molar-refractivity contribution in [2.24, 2.45) is 0 Å². The summed E-state index contributed by atoms with van der Waals surface area (Å²) in [5, 5.41) is 8.93. The van der Waals surface area contributed by atoms with Gasteiger partial charge in [0.1, 0.15) is 5.82 Å². The fourth-order valence-electron chi connectivity index (χ4n) is 1.91. The van der Waals surface area contributed by atoms with Crippen LogP contribution in [0.5, 0.6) is 0 Å². The molecule has 0 unspecified atom stereocenters. The minimum Gasteiger partial charge on any atom is -0.478 e. The second-order valence-corrected chi connectivity index (χ2v) is 4.14. The van der Waals surface area contributed by atoms with Crippen LogP contribution in [-0.4, -0.2) is 16.9 Å². The molecule has 0 spiro atoms. The van der Waals surface area contributed by atoms with E-state index in [9.17, 15) is 14.0 Å². The van der Waals surface area contributed by atoms with Gasteiger partial charge in [0.15, 0.2) is 5.78 Å². The minimum absolute atomic E-state index is 0.145. The average Bonchev–Trinajstić information content (AvgIpc) is 2.37. The first-order chi connectivity index (χ1) is 8.99. The Morgan fingerprint density at radius 1 is 1.11 bits per heavy atom. The zero-order valence-corrected chi connectivity index (χ0v) is 10.2. The molecule has 0 atom stereocenters.